The van der Waals surface area contributed by atoms with Crippen molar-refractivity contribution in [3.8, 4) is 0 Å². The fraction of sp³-hybridized carbons (Fsp3) is 0.600. The van der Waals surface area contributed by atoms with Gasteiger partial charge in [0.1, 0.15) is 5.82 Å². The van der Waals surface area contributed by atoms with E-state index in [4.69, 9.17) is 4.74 Å². The van der Waals surface area contributed by atoms with E-state index in [1.807, 2.05) is 17.0 Å². The van der Waals surface area contributed by atoms with Crippen molar-refractivity contribution in [2.45, 2.75) is 32.4 Å². The largest absolute Gasteiger partial charge is 0.379 e. The number of hydrogen-bond acceptors (Lipinski definition) is 6. The van der Waals surface area contributed by atoms with Gasteiger partial charge in [-0.15, -0.1) is 0 Å². The molecule has 9 heteroatoms. The van der Waals surface area contributed by atoms with Gasteiger partial charge in [-0.3, -0.25) is 19.2 Å². The summed E-state index contributed by atoms with van der Waals surface area (Å²) in [6.45, 7) is 6.09. The highest BCUT2D eigenvalue weighted by molar-refractivity contribution is 5.79. The Morgan fingerprint density at radius 1 is 1.28 bits per heavy atom. The van der Waals surface area contributed by atoms with Crippen molar-refractivity contribution < 1.29 is 9.53 Å². The molecule has 0 aliphatic carbocycles. The zero-order chi connectivity index (χ0) is 20.1. The van der Waals surface area contributed by atoms with E-state index in [1.54, 1.807) is 17.0 Å². The second-order valence-electron chi connectivity index (χ2n) is 7.71. The summed E-state index contributed by atoms with van der Waals surface area (Å²) in [5.41, 5.74) is 0.835. The van der Waals surface area contributed by atoms with Crippen molar-refractivity contribution >= 4 is 5.91 Å². The standard InChI is InChI=1S/C20H28N6O3/c27-19(17-2-3-18-22-23-20(28)26(18)15-17)25(14-16-4-6-21-7-5-16)9-1-8-24-10-12-29-13-11-24/h4-7,17H,1-3,8-15H2,(H,23,28). The summed E-state index contributed by atoms with van der Waals surface area (Å²) in [6.07, 6.45) is 5.79. The summed E-state index contributed by atoms with van der Waals surface area (Å²) >= 11 is 0. The number of nitrogens with zero attached hydrogens (tertiary/aromatic N) is 5. The van der Waals surface area contributed by atoms with Crippen LogP contribution in [0, 0.1) is 5.92 Å². The third-order valence-electron chi connectivity index (χ3n) is 5.75. The fourth-order valence-electron chi connectivity index (χ4n) is 4.09. The topological polar surface area (TPSA) is 96.3 Å². The molecule has 0 spiro atoms. The Bertz CT molecular complexity index is 859. The maximum Gasteiger partial charge on any atom is 0.343 e. The highest BCUT2D eigenvalue weighted by Crippen LogP contribution is 2.20. The van der Waals surface area contributed by atoms with Gasteiger partial charge in [0.25, 0.3) is 0 Å². The number of carbonyl (C=O) groups excluding carboxylic acids is 1. The molecule has 2 aliphatic rings. The predicted octanol–water partition coefficient (Wildman–Crippen LogP) is 0.280. The molecule has 4 rings (SSSR count). The number of morpholine rings is 1. The van der Waals surface area contributed by atoms with Crippen LogP contribution in [0.25, 0.3) is 0 Å². The van der Waals surface area contributed by atoms with Crippen LogP contribution in [0.15, 0.2) is 29.3 Å². The molecule has 9 nitrogen and oxygen atoms in total. The molecule has 1 N–H and O–H groups in total. The van der Waals surface area contributed by atoms with Crippen LogP contribution < -0.4 is 5.69 Å². The first-order chi connectivity index (χ1) is 14.2. The third kappa shape index (κ3) is 4.91. The van der Waals surface area contributed by atoms with Gasteiger partial charge < -0.3 is 9.64 Å². The minimum atomic E-state index is -0.231. The number of rotatable bonds is 7. The van der Waals surface area contributed by atoms with Crippen LogP contribution in [0.3, 0.4) is 0 Å². The summed E-state index contributed by atoms with van der Waals surface area (Å²) in [4.78, 5) is 33.7. The van der Waals surface area contributed by atoms with Gasteiger partial charge in [0.15, 0.2) is 0 Å². The molecular formula is C20H28N6O3. The number of pyridine rings is 1. The molecule has 156 valence electrons. The molecule has 0 radical (unpaired) electrons. The Morgan fingerprint density at radius 3 is 2.86 bits per heavy atom. The molecule has 2 aliphatic heterocycles. The van der Waals surface area contributed by atoms with Gasteiger partial charge in [-0.1, -0.05) is 0 Å². The van der Waals surface area contributed by atoms with Crippen molar-refractivity contribution in [2.75, 3.05) is 39.4 Å². The molecule has 0 aromatic carbocycles. The maximum absolute atomic E-state index is 13.4. The first-order valence-electron chi connectivity index (χ1n) is 10.3. The SMILES string of the molecule is O=C(C1CCc2n[nH]c(=O)n2C1)N(CCCN1CCOCC1)Cc1ccncc1. The number of H-pyrrole nitrogens is 1. The molecule has 2 aromatic rings. The quantitative estimate of drug-likeness (QED) is 0.717. The maximum atomic E-state index is 13.4. The average Bonchev–Trinajstić information content (AvgIpc) is 3.14. The van der Waals surface area contributed by atoms with E-state index in [0.29, 0.717) is 26.1 Å². The highest BCUT2D eigenvalue weighted by Gasteiger charge is 2.30. The number of aromatic amines is 1. The van der Waals surface area contributed by atoms with Gasteiger partial charge in [0.2, 0.25) is 5.91 Å². The summed E-state index contributed by atoms with van der Waals surface area (Å²) in [7, 11) is 0. The number of carbonyl (C=O) groups is 1. The lowest BCUT2D eigenvalue weighted by atomic mass is 9.97. The lowest BCUT2D eigenvalue weighted by Crippen LogP contribution is -2.43. The first kappa shape index (κ1) is 19.8. The lowest BCUT2D eigenvalue weighted by Gasteiger charge is -2.31. The molecule has 1 fully saturated rings. The number of aryl methyl sites for hydroxylation is 1. The van der Waals surface area contributed by atoms with E-state index in [9.17, 15) is 9.59 Å². The number of amides is 1. The van der Waals surface area contributed by atoms with Crippen molar-refractivity contribution in [3.63, 3.8) is 0 Å². The number of fused-ring (bicyclic) bond motifs is 1. The fourth-order valence-corrected chi connectivity index (χ4v) is 4.09. The predicted molar refractivity (Wildman–Crippen MR) is 106 cm³/mol. The lowest BCUT2D eigenvalue weighted by molar-refractivity contribution is -0.137. The van der Waals surface area contributed by atoms with Crippen LogP contribution in [0.5, 0.6) is 0 Å². The number of nitrogens with one attached hydrogen (secondary N) is 1. The number of aromatic nitrogens is 4. The Hall–Kier alpha value is -2.52. The second-order valence-corrected chi connectivity index (χ2v) is 7.71. The Morgan fingerprint density at radius 2 is 2.07 bits per heavy atom. The third-order valence-corrected chi connectivity index (χ3v) is 5.75. The van der Waals surface area contributed by atoms with Gasteiger partial charge in [0, 0.05) is 58.1 Å². The average molecular weight is 400 g/mol. The molecule has 29 heavy (non-hydrogen) atoms. The zero-order valence-electron chi connectivity index (χ0n) is 16.6. The van der Waals surface area contributed by atoms with Crippen LogP contribution in [0.1, 0.15) is 24.2 Å². The van der Waals surface area contributed by atoms with Crippen molar-refractivity contribution in [3.05, 3.63) is 46.4 Å². The van der Waals surface area contributed by atoms with Crippen LogP contribution in [0.2, 0.25) is 0 Å². The molecule has 0 saturated carbocycles. The zero-order valence-corrected chi connectivity index (χ0v) is 16.6. The van der Waals surface area contributed by atoms with E-state index in [-0.39, 0.29) is 17.5 Å². The smallest absolute Gasteiger partial charge is 0.343 e. The minimum Gasteiger partial charge on any atom is -0.379 e. The van der Waals surface area contributed by atoms with Crippen LogP contribution >= 0.6 is 0 Å². The highest BCUT2D eigenvalue weighted by atomic mass is 16.5. The molecule has 1 amide bonds. The van der Waals surface area contributed by atoms with Gasteiger partial charge in [-0.05, 0) is 30.5 Å². The van der Waals surface area contributed by atoms with E-state index in [0.717, 1.165) is 57.1 Å². The normalized spacial score (nSPS) is 19.7. The molecule has 1 saturated heterocycles. The Kier molecular flexibility index (Phi) is 6.36. The van der Waals surface area contributed by atoms with Crippen molar-refractivity contribution in [1.29, 1.82) is 0 Å². The summed E-state index contributed by atoms with van der Waals surface area (Å²) < 4.78 is 7.01. The molecule has 0 bridgehead atoms. The van der Waals surface area contributed by atoms with Crippen molar-refractivity contribution in [2.24, 2.45) is 5.92 Å². The number of ether oxygens (including phenoxy) is 1. The number of hydrogen-bond donors (Lipinski definition) is 1. The van der Waals surface area contributed by atoms with E-state index < -0.39 is 0 Å². The Balaban J connectivity index is 1.41. The summed E-state index contributed by atoms with van der Waals surface area (Å²) in [5, 5.41) is 6.53. The first-order valence-corrected chi connectivity index (χ1v) is 10.3. The van der Waals surface area contributed by atoms with Gasteiger partial charge in [-0.25, -0.2) is 9.89 Å². The van der Waals surface area contributed by atoms with Gasteiger partial charge in [-0.2, -0.15) is 5.10 Å². The molecule has 1 atom stereocenters. The van der Waals surface area contributed by atoms with E-state index in [1.165, 1.54) is 0 Å². The molecule has 1 unspecified atom stereocenters. The van der Waals surface area contributed by atoms with Crippen LogP contribution in [-0.2, 0) is 29.0 Å². The van der Waals surface area contributed by atoms with Gasteiger partial charge >= 0.3 is 5.69 Å². The van der Waals surface area contributed by atoms with Crippen LogP contribution in [-0.4, -0.2) is 74.8 Å². The van der Waals surface area contributed by atoms with Crippen molar-refractivity contribution in [1.82, 2.24) is 29.5 Å². The van der Waals surface area contributed by atoms with Gasteiger partial charge in [0.05, 0.1) is 19.1 Å². The van der Waals surface area contributed by atoms with E-state index in [2.05, 4.69) is 20.1 Å². The minimum absolute atomic E-state index is 0.113. The van der Waals surface area contributed by atoms with Crippen LogP contribution in [0.4, 0.5) is 0 Å². The Labute approximate surface area is 169 Å². The van der Waals surface area contributed by atoms with E-state index >= 15 is 0 Å². The molecule has 4 heterocycles. The molecular weight excluding hydrogens is 372 g/mol. The summed E-state index contributed by atoms with van der Waals surface area (Å²) in [5.74, 6) is 0.664. The molecule has 2 aromatic heterocycles. The monoisotopic (exact) mass is 400 g/mol. The second kappa shape index (κ2) is 9.32. The summed E-state index contributed by atoms with van der Waals surface area (Å²) in [6, 6.07) is 3.89.